The van der Waals surface area contributed by atoms with Gasteiger partial charge in [0.2, 0.25) is 5.88 Å². The number of aromatic amines is 1. The van der Waals surface area contributed by atoms with E-state index in [1.165, 1.54) is 54.0 Å². The van der Waals surface area contributed by atoms with Gasteiger partial charge < -0.3 is 34.1 Å². The second kappa shape index (κ2) is 20.9. The van der Waals surface area contributed by atoms with Gasteiger partial charge in [0.05, 0.1) is 46.8 Å². The number of aromatic nitrogens is 8. The lowest BCUT2D eigenvalue weighted by atomic mass is 10.1. The molecule has 2 saturated heterocycles. The Balaban J connectivity index is 0.000000185. The average Bonchev–Trinajstić information content (AvgIpc) is 3.90. The molecule has 6 heterocycles. The molecule has 21 nitrogen and oxygen atoms in total. The molecule has 360 valence electrons. The number of ether oxygens (including phenoxy) is 3. The van der Waals surface area contributed by atoms with Crippen molar-refractivity contribution in [2.24, 2.45) is 0 Å². The molecule has 2 aliphatic rings. The zero-order chi connectivity index (χ0) is 48.8. The highest BCUT2D eigenvalue weighted by molar-refractivity contribution is 7.91. The molecule has 67 heavy (non-hydrogen) atoms. The predicted octanol–water partition coefficient (Wildman–Crippen LogP) is 4.39. The number of amides is 2. The summed E-state index contributed by atoms with van der Waals surface area (Å²) in [7, 11) is -7.04. The SMILES string of the molecule is CC(C)OC(=O)N1CCC(O)CC1.CC(C)OC(=O)N1CCC(Oc2ncnc3c2cnn3-c2ccc(S(C)(=O)=O)cc2F)CC1.CS(=O)(=O)c1ccc(-n2ncc3c(=O)[nH]cnc32)c(F)c1. The van der Waals surface area contributed by atoms with E-state index < -0.39 is 31.3 Å². The smallest absolute Gasteiger partial charge is 0.410 e. The molecule has 0 aliphatic carbocycles. The predicted molar refractivity (Wildman–Crippen MR) is 238 cm³/mol. The summed E-state index contributed by atoms with van der Waals surface area (Å²) in [6.45, 7) is 9.48. The quantitative estimate of drug-likeness (QED) is 0.214. The Morgan fingerprint density at radius 1 is 0.716 bits per heavy atom. The maximum absolute atomic E-state index is 14.7. The van der Waals surface area contributed by atoms with Gasteiger partial charge in [-0.15, -0.1) is 0 Å². The summed E-state index contributed by atoms with van der Waals surface area (Å²) in [5, 5.41) is 18.0. The van der Waals surface area contributed by atoms with Gasteiger partial charge in [0.15, 0.2) is 31.0 Å². The minimum Gasteiger partial charge on any atom is -0.474 e. The third-order valence-electron chi connectivity index (χ3n) is 10.2. The van der Waals surface area contributed by atoms with Gasteiger partial charge in [0.1, 0.15) is 46.2 Å². The molecule has 8 rings (SSSR count). The molecule has 2 amide bonds. The number of likely N-dealkylation sites (tertiary alicyclic amines) is 2. The molecule has 2 fully saturated rings. The Morgan fingerprint density at radius 2 is 1.18 bits per heavy atom. The van der Waals surface area contributed by atoms with Crippen molar-refractivity contribution in [1.29, 1.82) is 0 Å². The summed E-state index contributed by atoms with van der Waals surface area (Å²) in [5.74, 6) is -1.21. The fraction of sp³-hybridized carbons (Fsp3) is 0.429. The summed E-state index contributed by atoms with van der Waals surface area (Å²) >= 11 is 0. The van der Waals surface area contributed by atoms with Crippen molar-refractivity contribution in [3.63, 3.8) is 0 Å². The van der Waals surface area contributed by atoms with Crippen LogP contribution in [-0.4, -0.2) is 147 Å². The first-order valence-corrected chi connectivity index (χ1v) is 24.7. The van der Waals surface area contributed by atoms with Gasteiger partial charge in [0, 0.05) is 51.5 Å². The van der Waals surface area contributed by atoms with Crippen LogP contribution >= 0.6 is 0 Å². The maximum Gasteiger partial charge on any atom is 0.410 e. The lowest BCUT2D eigenvalue weighted by molar-refractivity contribution is 0.0455. The number of sulfone groups is 2. The number of carbonyl (C=O) groups is 2. The van der Waals surface area contributed by atoms with E-state index in [9.17, 15) is 45.1 Å². The molecule has 0 spiro atoms. The number of fused-ring (bicyclic) bond motifs is 2. The molecular weight excluding hydrogens is 923 g/mol. The number of aliphatic hydroxyl groups is 1. The monoisotopic (exact) mass is 972 g/mol. The normalized spacial score (nSPS) is 15.0. The summed E-state index contributed by atoms with van der Waals surface area (Å²) in [6, 6.07) is 7.07. The fourth-order valence-corrected chi connectivity index (χ4v) is 8.09. The van der Waals surface area contributed by atoms with Crippen molar-refractivity contribution in [3.05, 3.63) is 83.4 Å². The van der Waals surface area contributed by atoms with E-state index in [4.69, 9.17) is 14.2 Å². The van der Waals surface area contributed by atoms with Gasteiger partial charge in [-0.25, -0.2) is 59.5 Å². The summed E-state index contributed by atoms with van der Waals surface area (Å²) in [5.41, 5.74) is 0.183. The maximum atomic E-state index is 14.7. The first-order valence-electron chi connectivity index (χ1n) is 21.0. The van der Waals surface area contributed by atoms with Crippen molar-refractivity contribution in [2.75, 3.05) is 38.7 Å². The van der Waals surface area contributed by atoms with Crippen molar-refractivity contribution < 1.29 is 54.5 Å². The van der Waals surface area contributed by atoms with E-state index in [2.05, 4.69) is 30.1 Å². The van der Waals surface area contributed by atoms with E-state index in [0.717, 1.165) is 29.3 Å². The molecule has 2 aliphatic heterocycles. The summed E-state index contributed by atoms with van der Waals surface area (Å²) in [6.07, 6.45) is 8.51. The van der Waals surface area contributed by atoms with Gasteiger partial charge in [-0.1, -0.05) is 0 Å². The van der Waals surface area contributed by atoms with Gasteiger partial charge >= 0.3 is 12.2 Å². The Morgan fingerprint density at radius 3 is 1.64 bits per heavy atom. The standard InChI is InChI=1S/C21H24FN5O5S.C12H9FN4O3S.C9H17NO3/c1-13(2)31-21(28)26-8-6-14(7-9-26)32-20-16-11-25-27(19(16)23-12-24-20)18-5-4-15(10-17(18)22)33(3,29)30;1-21(19,20)7-2-3-10(9(13)4-7)17-11-8(5-16-17)12(18)15-6-14-11;1-7(2)13-9(12)10-5-3-8(11)4-6-10/h4-5,10-14H,6-9H2,1-3H3;2-6H,1H3,(H,14,15,18);7-8,11H,3-6H2,1-2H3. The van der Waals surface area contributed by atoms with E-state index >= 15 is 0 Å². The second-order valence-corrected chi connectivity index (χ2v) is 20.2. The molecule has 25 heteroatoms. The summed E-state index contributed by atoms with van der Waals surface area (Å²) in [4.78, 5) is 52.8. The van der Waals surface area contributed by atoms with Crippen LogP contribution in [0.4, 0.5) is 18.4 Å². The number of piperidine rings is 2. The molecule has 2 N–H and O–H groups in total. The highest BCUT2D eigenvalue weighted by atomic mass is 32.2. The first kappa shape index (κ1) is 49.8. The number of nitrogens with zero attached hydrogens (tertiary/aromatic N) is 9. The summed E-state index contributed by atoms with van der Waals surface area (Å²) < 4.78 is 93.7. The molecule has 2 aromatic carbocycles. The van der Waals surface area contributed by atoms with Crippen LogP contribution in [0.5, 0.6) is 5.88 Å². The highest BCUT2D eigenvalue weighted by Gasteiger charge is 2.27. The van der Waals surface area contributed by atoms with Crippen LogP contribution in [0.1, 0.15) is 53.4 Å². The third-order valence-corrected chi connectivity index (χ3v) is 12.4. The van der Waals surface area contributed by atoms with Crippen molar-refractivity contribution in [3.8, 4) is 17.3 Å². The minimum atomic E-state index is -3.54. The van der Waals surface area contributed by atoms with Crippen LogP contribution in [0, 0.1) is 11.6 Å². The average molecular weight is 973 g/mol. The van der Waals surface area contributed by atoms with Gasteiger partial charge in [0.25, 0.3) is 5.56 Å². The van der Waals surface area contributed by atoms with Crippen molar-refractivity contribution in [2.45, 2.75) is 87.6 Å². The number of nitrogens with one attached hydrogen (secondary N) is 1. The number of hydrogen-bond acceptors (Lipinski definition) is 16. The highest BCUT2D eigenvalue weighted by Crippen LogP contribution is 2.28. The zero-order valence-electron chi connectivity index (χ0n) is 37.4. The lowest BCUT2D eigenvalue weighted by Crippen LogP contribution is -2.42. The molecule has 0 atom stereocenters. The minimum absolute atomic E-state index is 0.00972. The van der Waals surface area contributed by atoms with Gasteiger partial charge in [-0.05, 0) is 76.9 Å². The number of benzene rings is 2. The molecule has 6 aromatic rings. The Hall–Kier alpha value is -6.60. The van der Waals surface area contributed by atoms with E-state index in [-0.39, 0.29) is 74.4 Å². The van der Waals surface area contributed by atoms with Crippen LogP contribution in [0.3, 0.4) is 0 Å². The molecular formula is C42H50F2N10O11S2. The Kier molecular flexibility index (Phi) is 15.6. The number of halogens is 2. The largest absolute Gasteiger partial charge is 0.474 e. The second-order valence-electron chi connectivity index (χ2n) is 16.2. The molecule has 4 aromatic heterocycles. The van der Waals surface area contributed by atoms with Crippen LogP contribution in [0.15, 0.2) is 76.0 Å². The fourth-order valence-electron chi connectivity index (χ4n) is 6.82. The third kappa shape index (κ3) is 12.4. The van der Waals surface area contributed by atoms with E-state index in [1.807, 2.05) is 13.8 Å². The number of aliphatic hydroxyl groups excluding tert-OH is 1. The van der Waals surface area contributed by atoms with Gasteiger partial charge in [-0.3, -0.25) is 4.79 Å². The zero-order valence-corrected chi connectivity index (χ0v) is 39.0. The molecule has 0 saturated carbocycles. The topological polar surface area (TPSA) is 264 Å². The molecule has 0 unspecified atom stereocenters. The number of rotatable bonds is 8. The Labute approximate surface area is 383 Å². The van der Waals surface area contributed by atoms with Crippen LogP contribution in [-0.2, 0) is 29.1 Å². The molecule has 0 radical (unpaired) electrons. The van der Waals surface area contributed by atoms with Crippen LogP contribution < -0.4 is 10.3 Å². The van der Waals surface area contributed by atoms with E-state index in [1.54, 1.807) is 23.6 Å². The number of H-pyrrole nitrogens is 1. The molecule has 0 bridgehead atoms. The Bertz CT molecular complexity index is 3020. The van der Waals surface area contributed by atoms with Crippen LogP contribution in [0.25, 0.3) is 33.4 Å². The van der Waals surface area contributed by atoms with Crippen molar-refractivity contribution in [1.82, 2.24) is 49.3 Å². The van der Waals surface area contributed by atoms with E-state index in [0.29, 0.717) is 68.8 Å². The van der Waals surface area contributed by atoms with Crippen LogP contribution in [0.2, 0.25) is 0 Å². The lowest BCUT2D eigenvalue weighted by Gasteiger charge is -2.31. The van der Waals surface area contributed by atoms with Gasteiger partial charge in [-0.2, -0.15) is 10.2 Å². The first-order chi connectivity index (χ1) is 31.6. The number of carbonyl (C=O) groups excluding carboxylic acids is 2. The number of hydrogen-bond donors (Lipinski definition) is 2. The van der Waals surface area contributed by atoms with Crippen molar-refractivity contribution >= 4 is 53.9 Å².